The van der Waals surface area contributed by atoms with Crippen LogP contribution in [0.5, 0.6) is 11.5 Å². The second-order valence-electron chi connectivity index (χ2n) is 16.8. The highest BCUT2D eigenvalue weighted by atomic mass is 79.9. The van der Waals surface area contributed by atoms with Gasteiger partial charge in [0.05, 0.1) is 12.4 Å². The first-order valence-electron chi connectivity index (χ1n) is 22.9. The van der Waals surface area contributed by atoms with E-state index < -0.39 is 24.4 Å². The van der Waals surface area contributed by atoms with Crippen molar-refractivity contribution in [2.45, 2.75) is 130 Å². The van der Waals surface area contributed by atoms with Gasteiger partial charge in [0, 0.05) is 60.0 Å². The van der Waals surface area contributed by atoms with Crippen molar-refractivity contribution in [3.8, 4) is 11.5 Å². The molecule has 3 fully saturated rings. The van der Waals surface area contributed by atoms with Crippen molar-refractivity contribution in [2.24, 2.45) is 17.6 Å². The number of nitrogens with two attached hydrogens (primary N) is 1. The van der Waals surface area contributed by atoms with Gasteiger partial charge in [-0.1, -0.05) is 83.1 Å². The Balaban J connectivity index is 0.000000325. The molecule has 0 bridgehead atoms. The molecule has 0 radical (unpaired) electrons. The van der Waals surface area contributed by atoms with Crippen molar-refractivity contribution in [3.63, 3.8) is 0 Å². The zero-order valence-corrected chi connectivity index (χ0v) is 40.8. The minimum atomic E-state index is -4.79. The van der Waals surface area contributed by atoms with Gasteiger partial charge in [-0.05, 0) is 114 Å². The summed E-state index contributed by atoms with van der Waals surface area (Å²) in [5.41, 5.74) is 6.45. The third-order valence-electron chi connectivity index (χ3n) is 11.8. The first-order valence-corrected chi connectivity index (χ1v) is 25.1. The van der Waals surface area contributed by atoms with Crippen LogP contribution in [0.3, 0.4) is 0 Å². The molecule has 2 saturated carbocycles. The van der Waals surface area contributed by atoms with E-state index in [4.69, 9.17) is 5.73 Å². The predicted molar refractivity (Wildman–Crippen MR) is 269 cm³/mol. The molecule has 7 rings (SSSR count). The lowest BCUT2D eigenvalue weighted by molar-refractivity contribution is -0.275. The fourth-order valence-electron chi connectivity index (χ4n) is 8.13. The molecule has 6 N–H and O–H groups in total. The monoisotopic (exact) mass is 1130 g/mol. The lowest BCUT2D eigenvalue weighted by Crippen LogP contribution is -2.37. The number of aromatic nitrogens is 4. The number of hydrogen-bond acceptors (Lipinski definition) is 12. The van der Waals surface area contributed by atoms with E-state index >= 15 is 0 Å². The van der Waals surface area contributed by atoms with Crippen molar-refractivity contribution in [1.29, 1.82) is 0 Å². The maximum atomic E-state index is 14.2. The average molecular weight is 1130 g/mol. The molecule has 4 aromatic rings. The molecule has 2 aromatic heterocycles. The summed E-state index contributed by atoms with van der Waals surface area (Å²) in [6.07, 6.45) is 6.05. The van der Waals surface area contributed by atoms with Gasteiger partial charge in [0.1, 0.15) is 11.5 Å². The molecular formula is C48H68Br2F8N10O2. The normalized spacial score (nSPS) is 19.1. The van der Waals surface area contributed by atoms with Crippen molar-refractivity contribution in [1.82, 2.24) is 24.8 Å². The van der Waals surface area contributed by atoms with E-state index in [0.29, 0.717) is 31.0 Å². The second kappa shape index (κ2) is 30.6. The number of rotatable bonds is 18. The van der Waals surface area contributed by atoms with Gasteiger partial charge in [0.25, 0.3) is 0 Å². The number of benzene rings is 2. The molecule has 3 aliphatic rings. The number of alkyl halides is 8. The van der Waals surface area contributed by atoms with E-state index in [1.54, 1.807) is 12.1 Å². The Bertz CT molecular complexity index is 2090. The Morgan fingerprint density at radius 1 is 0.600 bits per heavy atom. The number of para-hydroxylation sites is 2. The summed E-state index contributed by atoms with van der Waals surface area (Å²) in [7, 11) is 0. The molecule has 2 aliphatic carbocycles. The Morgan fingerprint density at radius 3 is 1.40 bits per heavy atom. The minimum Gasteiger partial charge on any atom is -0.405 e. The number of halogens is 10. The topological polar surface area (TPSA) is 147 Å². The van der Waals surface area contributed by atoms with E-state index in [1.165, 1.54) is 88.0 Å². The molecular weight excluding hydrogens is 1060 g/mol. The van der Waals surface area contributed by atoms with Gasteiger partial charge in [-0.15, -0.1) is 26.3 Å². The molecule has 3 heterocycles. The number of ether oxygens (including phenoxy) is 2. The molecule has 392 valence electrons. The van der Waals surface area contributed by atoms with Crippen molar-refractivity contribution >= 4 is 55.4 Å². The van der Waals surface area contributed by atoms with Gasteiger partial charge < -0.3 is 41.4 Å². The smallest absolute Gasteiger partial charge is 0.405 e. The predicted octanol–water partition coefficient (Wildman–Crippen LogP) is 13.1. The molecule has 1 saturated heterocycles. The van der Waals surface area contributed by atoms with Crippen LogP contribution in [0.2, 0.25) is 0 Å². The number of hydrogen-bond donors (Lipinski definition) is 5. The van der Waals surface area contributed by atoms with Gasteiger partial charge in [-0.25, -0.2) is 18.7 Å². The Kier molecular flexibility index (Phi) is 26.2. The molecule has 22 heteroatoms. The quantitative estimate of drug-likeness (QED) is 0.0367. The van der Waals surface area contributed by atoms with E-state index in [-0.39, 0.29) is 80.1 Å². The SMILES string of the molecule is BrCCCCBr.C.C.Fc1cnc(NCc2ccccc2OC(F)(F)F)nc1NCC1CCC(N2CCCC2)CC1.NC1CCC(CNc2nc(NCc3ccccc3OC(F)(F)F)ncc2F)CC1. The van der Waals surface area contributed by atoms with Gasteiger partial charge in [0.2, 0.25) is 11.9 Å². The maximum Gasteiger partial charge on any atom is 0.573 e. The van der Waals surface area contributed by atoms with Gasteiger partial charge >= 0.3 is 12.7 Å². The molecule has 0 unspecified atom stereocenters. The minimum absolute atomic E-state index is 0. The number of nitrogens with one attached hydrogen (secondary N) is 4. The van der Waals surface area contributed by atoms with E-state index in [9.17, 15) is 35.1 Å². The fraction of sp³-hybridized carbons (Fsp3) is 0.583. The maximum absolute atomic E-state index is 14.2. The summed E-state index contributed by atoms with van der Waals surface area (Å²) >= 11 is 6.66. The Labute approximate surface area is 423 Å². The largest absolute Gasteiger partial charge is 0.573 e. The number of nitrogens with zero attached hydrogens (tertiary/aromatic N) is 5. The Hall–Kier alpha value is -4.28. The van der Waals surface area contributed by atoms with E-state index in [0.717, 1.165) is 61.6 Å². The summed E-state index contributed by atoms with van der Waals surface area (Å²) in [6, 6.07) is 12.5. The third kappa shape index (κ3) is 21.6. The van der Waals surface area contributed by atoms with Crippen LogP contribution in [0.25, 0.3) is 0 Å². The summed E-state index contributed by atoms with van der Waals surface area (Å²) in [5.74, 6) is -0.555. The summed E-state index contributed by atoms with van der Waals surface area (Å²) in [4.78, 5) is 18.6. The number of anilines is 4. The van der Waals surface area contributed by atoms with Crippen molar-refractivity contribution in [2.75, 3.05) is 58.1 Å². The number of likely N-dealkylation sites (tertiary alicyclic amines) is 1. The average Bonchev–Trinajstić information content (AvgIpc) is 3.86. The molecule has 12 nitrogen and oxygen atoms in total. The van der Waals surface area contributed by atoms with Crippen LogP contribution in [0.4, 0.5) is 58.7 Å². The van der Waals surface area contributed by atoms with Crippen LogP contribution in [0, 0.1) is 23.5 Å². The first kappa shape index (κ1) is 60.0. The zero-order valence-electron chi connectivity index (χ0n) is 37.6. The highest BCUT2D eigenvalue weighted by molar-refractivity contribution is 9.09. The van der Waals surface area contributed by atoms with Gasteiger partial charge in [-0.2, -0.15) is 9.97 Å². The van der Waals surface area contributed by atoms with Crippen molar-refractivity contribution in [3.05, 3.63) is 83.7 Å². The highest BCUT2D eigenvalue weighted by Gasteiger charge is 2.33. The van der Waals surface area contributed by atoms with Crippen LogP contribution in [-0.4, -0.2) is 86.5 Å². The summed E-state index contributed by atoms with van der Waals surface area (Å²) < 4.78 is 112. The van der Waals surface area contributed by atoms with E-state index in [1.807, 2.05) is 0 Å². The Morgan fingerprint density at radius 2 is 1.00 bits per heavy atom. The summed E-state index contributed by atoms with van der Waals surface area (Å²) in [5, 5.41) is 14.0. The zero-order chi connectivity index (χ0) is 48.9. The van der Waals surface area contributed by atoms with Crippen LogP contribution in [0.15, 0.2) is 60.9 Å². The highest BCUT2D eigenvalue weighted by Crippen LogP contribution is 2.31. The second-order valence-corrected chi connectivity index (χ2v) is 18.4. The lowest BCUT2D eigenvalue weighted by atomic mass is 9.85. The van der Waals surface area contributed by atoms with Crippen molar-refractivity contribution < 1.29 is 44.6 Å². The van der Waals surface area contributed by atoms with Crippen LogP contribution in [0.1, 0.15) is 103 Å². The van der Waals surface area contributed by atoms with E-state index in [2.05, 4.69) is 87.4 Å². The van der Waals surface area contributed by atoms with Gasteiger partial charge in [0.15, 0.2) is 23.3 Å². The van der Waals surface area contributed by atoms with Crippen LogP contribution < -0.4 is 36.5 Å². The lowest BCUT2D eigenvalue weighted by Gasteiger charge is -2.34. The molecule has 0 spiro atoms. The number of unbranched alkanes of at least 4 members (excludes halogenated alkanes) is 1. The standard InChI is InChI=1S/C23H29F4N5O.C19H23F4N5O.C4H8Br2.2CH4/c24-19-15-30-22(29-14-17-5-1-2-6-20(17)33-23(25,26)27)31-21(19)28-13-16-7-9-18(10-8-16)32-11-3-4-12-32;20-15-11-27-18(28-17(15)25-9-12-5-7-14(24)8-6-12)26-10-13-3-1-2-4-16(13)29-19(21,22)23;5-3-1-2-4-6;;/h1-2,5-6,15-16,18H,3-4,7-14H2,(H2,28,29,30,31);1-4,11-12,14H,5-10,24H2,(H2,25,26,27,28);1-4H2;2*1H4. The molecule has 1 aliphatic heterocycles. The summed E-state index contributed by atoms with van der Waals surface area (Å²) in [6.45, 7) is 3.60. The first-order chi connectivity index (χ1) is 32.6. The van der Waals surface area contributed by atoms with Gasteiger partial charge in [-0.3, -0.25) is 0 Å². The molecule has 0 amide bonds. The van der Waals surface area contributed by atoms with Crippen LogP contribution >= 0.6 is 31.9 Å². The molecule has 0 atom stereocenters. The molecule has 70 heavy (non-hydrogen) atoms. The van der Waals surface area contributed by atoms with Crippen LogP contribution in [-0.2, 0) is 13.1 Å². The fourth-order valence-corrected chi connectivity index (χ4v) is 8.93. The molecule has 2 aromatic carbocycles. The third-order valence-corrected chi connectivity index (χ3v) is 12.9.